The second-order valence-electron chi connectivity index (χ2n) is 6.64. The van der Waals surface area contributed by atoms with Gasteiger partial charge in [0.25, 0.3) is 0 Å². The van der Waals surface area contributed by atoms with Crippen molar-refractivity contribution in [2.75, 3.05) is 32.7 Å². The van der Waals surface area contributed by atoms with Crippen LogP contribution in [-0.4, -0.2) is 43.7 Å². The van der Waals surface area contributed by atoms with Gasteiger partial charge in [-0.1, -0.05) is 13.8 Å². The zero-order valence-corrected chi connectivity index (χ0v) is 14.0. The molecule has 0 aliphatic carbocycles. The first-order valence-electron chi connectivity index (χ1n) is 7.26. The van der Waals surface area contributed by atoms with Crippen LogP contribution in [0.3, 0.4) is 0 Å². The Morgan fingerprint density at radius 1 is 1.16 bits per heavy atom. The monoisotopic (exact) mass is 311 g/mol. The maximum absolute atomic E-state index is 6.18. The van der Waals surface area contributed by atoms with Gasteiger partial charge in [0.1, 0.15) is 0 Å². The average molecular weight is 312 g/mol. The van der Waals surface area contributed by atoms with E-state index >= 15 is 0 Å². The number of nitrogens with zero attached hydrogens (tertiary/aromatic N) is 1. The van der Waals surface area contributed by atoms with E-state index in [0.29, 0.717) is 11.5 Å². The number of hydrogen-bond acceptors (Lipinski definition) is 3. The lowest BCUT2D eigenvalue weighted by Crippen LogP contribution is -2.52. The maximum Gasteiger partial charge on any atom is 0.0115 e. The van der Waals surface area contributed by atoms with Crippen LogP contribution in [0.25, 0.3) is 0 Å². The van der Waals surface area contributed by atoms with E-state index in [4.69, 9.17) is 5.73 Å². The molecule has 0 spiro atoms. The number of nitrogens with one attached hydrogen (secondary N) is 1. The fourth-order valence-electron chi connectivity index (χ4n) is 3.21. The Hall–Kier alpha value is 0.460. The van der Waals surface area contributed by atoms with Gasteiger partial charge < -0.3 is 16.0 Å². The molecule has 19 heavy (non-hydrogen) atoms. The fraction of sp³-hybridized carbons (Fsp3) is 1.00. The summed E-state index contributed by atoms with van der Waals surface area (Å²) in [5.74, 6) is 0.954. The van der Waals surface area contributed by atoms with Gasteiger partial charge in [0, 0.05) is 12.6 Å². The van der Waals surface area contributed by atoms with Crippen molar-refractivity contribution < 1.29 is 0 Å². The molecule has 3 N–H and O–H groups in total. The van der Waals surface area contributed by atoms with Crippen molar-refractivity contribution in [2.45, 2.75) is 45.6 Å². The molecular formula is C14H31Cl2N3. The van der Waals surface area contributed by atoms with Gasteiger partial charge in [0.2, 0.25) is 0 Å². The molecule has 2 aliphatic heterocycles. The molecule has 2 heterocycles. The van der Waals surface area contributed by atoms with Crippen molar-refractivity contribution in [1.82, 2.24) is 10.2 Å². The predicted molar refractivity (Wildman–Crippen MR) is 87.5 cm³/mol. The second-order valence-corrected chi connectivity index (χ2v) is 6.64. The molecule has 2 aliphatic rings. The highest BCUT2D eigenvalue weighted by atomic mass is 35.5. The largest absolute Gasteiger partial charge is 0.327 e. The summed E-state index contributed by atoms with van der Waals surface area (Å²) in [5, 5.41) is 3.44. The van der Waals surface area contributed by atoms with E-state index in [2.05, 4.69) is 24.1 Å². The molecule has 2 rings (SSSR count). The summed E-state index contributed by atoms with van der Waals surface area (Å²) in [6.07, 6.45) is 5.29. The van der Waals surface area contributed by atoms with Crippen molar-refractivity contribution in [1.29, 1.82) is 0 Å². The van der Waals surface area contributed by atoms with E-state index in [1.165, 1.54) is 58.4 Å². The molecule has 0 amide bonds. The molecule has 3 nitrogen and oxygen atoms in total. The van der Waals surface area contributed by atoms with Gasteiger partial charge in [0.05, 0.1) is 0 Å². The zero-order valence-electron chi connectivity index (χ0n) is 12.4. The van der Waals surface area contributed by atoms with Gasteiger partial charge in [-0.05, 0) is 63.2 Å². The third-order valence-electron chi connectivity index (χ3n) is 4.70. The van der Waals surface area contributed by atoms with Gasteiger partial charge >= 0.3 is 0 Å². The number of rotatable bonds is 3. The third kappa shape index (κ3) is 5.76. The van der Waals surface area contributed by atoms with E-state index < -0.39 is 0 Å². The maximum atomic E-state index is 6.18. The molecule has 0 bridgehead atoms. The van der Waals surface area contributed by atoms with E-state index in [1.54, 1.807) is 0 Å². The van der Waals surface area contributed by atoms with Gasteiger partial charge in [-0.3, -0.25) is 0 Å². The van der Waals surface area contributed by atoms with Crippen molar-refractivity contribution >= 4 is 24.8 Å². The minimum absolute atomic E-state index is 0. The standard InChI is InChI=1S/C14H29N3.2ClH/c1-14(2)11-17(10-6-13(14)15)9-5-12-3-7-16-8-4-12;;/h12-13,16H,3-11,15H2,1-2H3;2*1H. The molecular weight excluding hydrogens is 281 g/mol. The first-order chi connectivity index (χ1) is 8.08. The summed E-state index contributed by atoms with van der Waals surface area (Å²) < 4.78 is 0. The average Bonchev–Trinajstić information content (AvgIpc) is 2.32. The van der Waals surface area contributed by atoms with E-state index in [9.17, 15) is 0 Å². The summed E-state index contributed by atoms with van der Waals surface area (Å²) in [6.45, 7) is 10.7. The summed E-state index contributed by atoms with van der Waals surface area (Å²) in [7, 11) is 0. The molecule has 1 unspecified atom stereocenters. The lowest BCUT2D eigenvalue weighted by molar-refractivity contribution is 0.0888. The summed E-state index contributed by atoms with van der Waals surface area (Å²) >= 11 is 0. The van der Waals surface area contributed by atoms with Crippen LogP contribution in [0, 0.1) is 11.3 Å². The lowest BCUT2D eigenvalue weighted by Gasteiger charge is -2.43. The zero-order chi connectivity index (χ0) is 12.3. The van der Waals surface area contributed by atoms with Crippen LogP contribution < -0.4 is 11.1 Å². The van der Waals surface area contributed by atoms with Gasteiger partial charge in [0.15, 0.2) is 0 Å². The Bertz CT molecular complexity index is 243. The van der Waals surface area contributed by atoms with Crippen molar-refractivity contribution in [2.24, 2.45) is 17.1 Å². The first-order valence-corrected chi connectivity index (χ1v) is 7.26. The highest BCUT2D eigenvalue weighted by molar-refractivity contribution is 5.85. The van der Waals surface area contributed by atoms with Crippen LogP contribution in [0.5, 0.6) is 0 Å². The van der Waals surface area contributed by atoms with Gasteiger partial charge in [-0.2, -0.15) is 0 Å². The predicted octanol–water partition coefficient (Wildman–Crippen LogP) is 2.28. The number of nitrogens with two attached hydrogens (primary N) is 1. The van der Waals surface area contributed by atoms with E-state index in [1.807, 2.05) is 0 Å². The molecule has 2 saturated heterocycles. The minimum Gasteiger partial charge on any atom is -0.327 e. The number of piperidine rings is 2. The normalized spacial score (nSPS) is 28.3. The molecule has 1 atom stereocenters. The molecule has 0 aromatic heterocycles. The quantitative estimate of drug-likeness (QED) is 0.840. The molecule has 116 valence electrons. The Balaban J connectivity index is 0.00000162. The first kappa shape index (κ1) is 19.5. The van der Waals surface area contributed by atoms with Crippen molar-refractivity contribution in [3.63, 3.8) is 0 Å². The Morgan fingerprint density at radius 3 is 2.37 bits per heavy atom. The molecule has 5 heteroatoms. The number of likely N-dealkylation sites (tertiary alicyclic amines) is 1. The van der Waals surface area contributed by atoms with Gasteiger partial charge in [-0.15, -0.1) is 24.8 Å². The Labute approximate surface area is 130 Å². The molecule has 0 aromatic rings. The van der Waals surface area contributed by atoms with Gasteiger partial charge in [-0.25, -0.2) is 0 Å². The van der Waals surface area contributed by atoms with Crippen LogP contribution in [0.1, 0.15) is 39.5 Å². The fourth-order valence-corrected chi connectivity index (χ4v) is 3.21. The summed E-state index contributed by atoms with van der Waals surface area (Å²) in [5.41, 5.74) is 6.48. The van der Waals surface area contributed by atoms with E-state index in [0.717, 1.165) is 5.92 Å². The summed E-state index contributed by atoms with van der Waals surface area (Å²) in [6, 6.07) is 0.387. The SMILES string of the molecule is CC1(C)CN(CCC2CCNCC2)CCC1N.Cl.Cl. The highest BCUT2D eigenvalue weighted by Gasteiger charge is 2.33. The smallest absolute Gasteiger partial charge is 0.0115 e. The second kappa shape index (κ2) is 8.68. The Kier molecular flexibility index (Phi) is 8.89. The van der Waals surface area contributed by atoms with Crippen LogP contribution >= 0.6 is 24.8 Å². The van der Waals surface area contributed by atoms with Crippen LogP contribution in [0.15, 0.2) is 0 Å². The van der Waals surface area contributed by atoms with Crippen LogP contribution in [-0.2, 0) is 0 Å². The number of halogens is 2. The lowest BCUT2D eigenvalue weighted by atomic mass is 9.79. The molecule has 0 aromatic carbocycles. The van der Waals surface area contributed by atoms with Crippen molar-refractivity contribution in [3.05, 3.63) is 0 Å². The minimum atomic E-state index is 0. The molecule has 0 saturated carbocycles. The van der Waals surface area contributed by atoms with Crippen molar-refractivity contribution in [3.8, 4) is 0 Å². The third-order valence-corrected chi connectivity index (χ3v) is 4.70. The topological polar surface area (TPSA) is 41.3 Å². The summed E-state index contributed by atoms with van der Waals surface area (Å²) in [4.78, 5) is 2.63. The van der Waals surface area contributed by atoms with Crippen LogP contribution in [0.4, 0.5) is 0 Å². The molecule has 0 radical (unpaired) electrons. The van der Waals surface area contributed by atoms with Crippen LogP contribution in [0.2, 0.25) is 0 Å². The highest BCUT2D eigenvalue weighted by Crippen LogP contribution is 2.28. The Morgan fingerprint density at radius 2 is 1.79 bits per heavy atom. The number of hydrogen-bond donors (Lipinski definition) is 2. The molecule has 2 fully saturated rings. The van der Waals surface area contributed by atoms with E-state index in [-0.39, 0.29) is 24.8 Å².